The maximum atomic E-state index is 13.2. The van der Waals surface area contributed by atoms with Crippen molar-refractivity contribution in [3.63, 3.8) is 0 Å². The van der Waals surface area contributed by atoms with Crippen molar-refractivity contribution in [2.24, 2.45) is 4.99 Å². The number of alkyl halides is 3. The number of rotatable bonds is 8. The summed E-state index contributed by atoms with van der Waals surface area (Å²) >= 11 is 6.93. The first-order valence-electron chi connectivity index (χ1n) is 14.2. The number of carbonyl (C=O) groups is 1. The molecular formula is C32H31F3N6O2S2. The van der Waals surface area contributed by atoms with Crippen molar-refractivity contribution in [3.8, 4) is 22.8 Å². The van der Waals surface area contributed by atoms with E-state index in [-0.39, 0.29) is 22.8 Å². The predicted molar refractivity (Wildman–Crippen MR) is 175 cm³/mol. The summed E-state index contributed by atoms with van der Waals surface area (Å²) in [6.45, 7) is 8.64. The number of amides is 1. The molecule has 1 aromatic heterocycles. The third-order valence-electron chi connectivity index (χ3n) is 7.02. The molecule has 5 rings (SSSR count). The number of nitrogens with zero attached hydrogens (tertiary/aromatic N) is 5. The minimum Gasteiger partial charge on any atom is -0.406 e. The summed E-state index contributed by atoms with van der Waals surface area (Å²) in [7, 11) is 0. The number of carbonyl (C=O) groups excluding carboxylic acids is 1. The molecule has 8 nitrogen and oxygen atoms in total. The Kier molecular flexibility index (Phi) is 9.59. The fourth-order valence-corrected chi connectivity index (χ4v) is 5.96. The largest absolute Gasteiger partial charge is 0.573 e. The van der Waals surface area contributed by atoms with Gasteiger partial charge in [-0.15, -0.1) is 18.3 Å². The van der Waals surface area contributed by atoms with Crippen LogP contribution >= 0.6 is 24.0 Å². The lowest BCUT2D eigenvalue weighted by Gasteiger charge is -2.22. The number of ether oxygens (including phenoxy) is 1. The summed E-state index contributed by atoms with van der Waals surface area (Å²) in [5.41, 5.74) is 5.38. The number of halogens is 3. The highest BCUT2D eigenvalue weighted by atomic mass is 32.2. The van der Waals surface area contributed by atoms with Crippen LogP contribution in [0.2, 0.25) is 0 Å². The third kappa shape index (κ3) is 7.90. The zero-order valence-electron chi connectivity index (χ0n) is 25.0. The van der Waals surface area contributed by atoms with Crippen molar-refractivity contribution < 1.29 is 22.7 Å². The summed E-state index contributed by atoms with van der Waals surface area (Å²) in [6.07, 6.45) is -2.57. The van der Waals surface area contributed by atoms with Crippen LogP contribution in [0, 0.1) is 6.92 Å². The molecule has 2 heterocycles. The number of aryl methyl sites for hydroxylation is 1. The number of aromatic nitrogens is 3. The van der Waals surface area contributed by atoms with Gasteiger partial charge in [0.25, 0.3) is 0 Å². The van der Waals surface area contributed by atoms with Gasteiger partial charge in [-0.05, 0) is 85.4 Å². The average molecular weight is 653 g/mol. The zero-order valence-corrected chi connectivity index (χ0v) is 26.6. The van der Waals surface area contributed by atoms with Crippen molar-refractivity contribution in [3.05, 3.63) is 89.7 Å². The molecule has 4 aromatic rings. The highest BCUT2D eigenvalue weighted by molar-refractivity contribution is 8.16. The van der Waals surface area contributed by atoms with Gasteiger partial charge in [0, 0.05) is 12.1 Å². The van der Waals surface area contributed by atoms with Gasteiger partial charge in [0.2, 0.25) is 5.91 Å². The lowest BCUT2D eigenvalue weighted by atomic mass is 9.98. The fraction of sp³-hybridized carbons (Fsp3) is 0.281. The molecule has 1 fully saturated rings. The van der Waals surface area contributed by atoms with E-state index in [1.54, 1.807) is 4.90 Å². The number of amidine groups is 1. The average Bonchev–Trinajstić information content (AvgIpc) is 3.57. The fourth-order valence-electron chi connectivity index (χ4n) is 4.75. The minimum absolute atomic E-state index is 0.0121. The Morgan fingerprint density at radius 1 is 1.11 bits per heavy atom. The smallest absolute Gasteiger partial charge is 0.406 e. The van der Waals surface area contributed by atoms with Crippen LogP contribution in [0.1, 0.15) is 43.4 Å². The number of aliphatic imine (C=N–C) groups is 1. The number of hydrogen-bond acceptors (Lipinski definition) is 6. The molecule has 3 aromatic carbocycles. The SMILES string of the molecule is Cc1ccc(C(C)C)c(N2C(=O)C(C)S/C2=N\C(=S)NCCc2ccc(-c3ncn(-c4ccc(OC(F)(F)F)cc4)n3)cc2)c1. The Bertz CT molecular complexity index is 1720. The zero-order chi connectivity index (χ0) is 32.3. The van der Waals surface area contributed by atoms with Gasteiger partial charge in [-0.2, -0.15) is 4.99 Å². The molecular weight excluding hydrogens is 622 g/mol. The molecule has 234 valence electrons. The Hall–Kier alpha value is -4.23. The highest BCUT2D eigenvalue weighted by Crippen LogP contribution is 2.37. The standard InChI is InChI=1S/C32H31F3N6O2S2/c1-19(2)26-14-5-20(3)17-27(26)41-29(42)21(4)45-31(41)38-30(44)36-16-15-22-6-8-23(9-7-22)28-37-18-40(39-28)24-10-12-25(13-11-24)43-32(33,34)35/h5-14,17-19,21H,15-16H2,1-4H3,(H,36,44)/b38-31-. The Morgan fingerprint density at radius 2 is 1.82 bits per heavy atom. The van der Waals surface area contributed by atoms with Gasteiger partial charge in [-0.3, -0.25) is 9.69 Å². The molecule has 45 heavy (non-hydrogen) atoms. The predicted octanol–water partition coefficient (Wildman–Crippen LogP) is 7.21. The maximum absolute atomic E-state index is 13.2. The van der Waals surface area contributed by atoms with Crippen molar-refractivity contribution >= 4 is 45.9 Å². The first-order valence-corrected chi connectivity index (χ1v) is 15.5. The highest BCUT2D eigenvalue weighted by Gasteiger charge is 2.37. The van der Waals surface area contributed by atoms with E-state index in [1.165, 1.54) is 47.0 Å². The van der Waals surface area contributed by atoms with Crippen molar-refractivity contribution in [2.75, 3.05) is 11.4 Å². The van der Waals surface area contributed by atoms with Gasteiger partial charge in [0.1, 0.15) is 12.1 Å². The molecule has 13 heteroatoms. The van der Waals surface area contributed by atoms with Crippen LogP contribution in [0.3, 0.4) is 0 Å². The van der Waals surface area contributed by atoms with Crippen molar-refractivity contribution in [2.45, 2.75) is 51.6 Å². The molecule has 0 bridgehead atoms. The molecule has 1 atom stereocenters. The van der Waals surface area contributed by atoms with E-state index in [1.807, 2.05) is 44.2 Å². The van der Waals surface area contributed by atoms with E-state index in [0.717, 1.165) is 27.9 Å². The Morgan fingerprint density at radius 3 is 2.49 bits per heavy atom. The lowest BCUT2D eigenvalue weighted by Crippen LogP contribution is -2.34. The van der Waals surface area contributed by atoms with Crippen molar-refractivity contribution in [1.82, 2.24) is 20.1 Å². The van der Waals surface area contributed by atoms with Crippen LogP contribution < -0.4 is 15.0 Å². The van der Waals surface area contributed by atoms with E-state index < -0.39 is 6.36 Å². The number of thiocarbonyl (C=S) groups is 1. The first kappa shape index (κ1) is 32.2. The number of nitrogens with one attached hydrogen (secondary N) is 1. The van der Waals surface area contributed by atoms with Gasteiger partial charge in [-0.1, -0.05) is 62.0 Å². The Labute approximate surface area is 268 Å². The van der Waals surface area contributed by atoms with Gasteiger partial charge >= 0.3 is 6.36 Å². The van der Waals surface area contributed by atoms with Crippen LogP contribution in [0.4, 0.5) is 18.9 Å². The third-order valence-corrected chi connectivity index (χ3v) is 8.29. The second-order valence-electron chi connectivity index (χ2n) is 10.8. The molecule has 1 amide bonds. The molecule has 1 unspecified atom stereocenters. The minimum atomic E-state index is -4.75. The molecule has 0 saturated carbocycles. The Balaban J connectivity index is 1.19. The van der Waals surface area contributed by atoms with Crippen LogP contribution in [-0.4, -0.2) is 49.1 Å². The second kappa shape index (κ2) is 13.4. The molecule has 1 saturated heterocycles. The molecule has 1 aliphatic heterocycles. The summed E-state index contributed by atoms with van der Waals surface area (Å²) in [4.78, 5) is 23.8. The van der Waals surface area contributed by atoms with E-state index in [9.17, 15) is 18.0 Å². The monoisotopic (exact) mass is 652 g/mol. The van der Waals surface area contributed by atoms with Crippen LogP contribution in [-0.2, 0) is 11.2 Å². The summed E-state index contributed by atoms with van der Waals surface area (Å²) in [5.74, 6) is 0.392. The van der Waals surface area contributed by atoms with Gasteiger partial charge in [-0.25, -0.2) is 9.67 Å². The maximum Gasteiger partial charge on any atom is 0.573 e. The van der Waals surface area contributed by atoms with Gasteiger partial charge in [0.05, 0.1) is 16.6 Å². The normalized spacial score (nSPS) is 16.1. The van der Waals surface area contributed by atoms with Crippen LogP contribution in [0.5, 0.6) is 5.75 Å². The summed E-state index contributed by atoms with van der Waals surface area (Å²) in [5, 5.41) is 8.25. The van der Waals surface area contributed by atoms with E-state index in [0.29, 0.717) is 34.8 Å². The lowest BCUT2D eigenvalue weighted by molar-refractivity contribution is -0.274. The number of anilines is 1. The summed E-state index contributed by atoms with van der Waals surface area (Å²) in [6, 6.07) is 19.3. The van der Waals surface area contributed by atoms with E-state index >= 15 is 0 Å². The van der Waals surface area contributed by atoms with Gasteiger partial charge < -0.3 is 10.1 Å². The molecule has 0 radical (unpaired) electrons. The van der Waals surface area contributed by atoms with Crippen LogP contribution in [0.15, 0.2) is 78.0 Å². The topological polar surface area (TPSA) is 84.6 Å². The quantitative estimate of drug-likeness (QED) is 0.202. The molecule has 0 aliphatic carbocycles. The summed E-state index contributed by atoms with van der Waals surface area (Å²) < 4.78 is 42.6. The second-order valence-corrected chi connectivity index (χ2v) is 12.5. The van der Waals surface area contributed by atoms with E-state index in [2.05, 4.69) is 51.1 Å². The molecule has 1 N–H and O–H groups in total. The number of hydrogen-bond donors (Lipinski definition) is 1. The molecule has 0 spiro atoms. The molecule has 1 aliphatic rings. The first-order chi connectivity index (χ1) is 21.4. The van der Waals surface area contributed by atoms with Crippen molar-refractivity contribution in [1.29, 1.82) is 0 Å². The number of thioether (sulfide) groups is 1. The number of benzene rings is 3. The van der Waals surface area contributed by atoms with E-state index in [4.69, 9.17) is 12.2 Å². The van der Waals surface area contributed by atoms with Gasteiger partial charge in [0.15, 0.2) is 16.1 Å². The van der Waals surface area contributed by atoms with Crippen LogP contribution in [0.25, 0.3) is 17.1 Å².